The Bertz CT molecular complexity index is 1010. The lowest BCUT2D eigenvalue weighted by molar-refractivity contribution is -0.141. The van der Waals surface area contributed by atoms with Crippen LogP contribution in [0.4, 0.5) is 11.5 Å². The fraction of sp³-hybridized carbons (Fsp3) is 0.182. The van der Waals surface area contributed by atoms with E-state index in [1.807, 2.05) is 36.4 Å². The molecule has 2 heterocycles. The lowest BCUT2D eigenvalue weighted by Crippen LogP contribution is -2.29. The highest BCUT2D eigenvalue weighted by Crippen LogP contribution is 2.33. The summed E-state index contributed by atoms with van der Waals surface area (Å²) in [4.78, 5) is 34.7. The van der Waals surface area contributed by atoms with E-state index in [1.165, 1.54) is 0 Å². The molecule has 2 N–H and O–H groups in total. The molecule has 2 atom stereocenters. The molecule has 0 saturated carbocycles. The van der Waals surface area contributed by atoms with Gasteiger partial charge in [0.1, 0.15) is 5.82 Å². The van der Waals surface area contributed by atoms with E-state index >= 15 is 0 Å². The van der Waals surface area contributed by atoms with Crippen LogP contribution in [0.5, 0.6) is 0 Å². The Labute approximate surface area is 168 Å². The summed E-state index contributed by atoms with van der Waals surface area (Å²) in [6.07, 6.45) is 4.76. The van der Waals surface area contributed by atoms with Crippen molar-refractivity contribution >= 4 is 23.4 Å². The van der Waals surface area contributed by atoms with Gasteiger partial charge in [-0.3, -0.25) is 14.6 Å². The molecule has 7 nitrogen and oxygen atoms in total. The van der Waals surface area contributed by atoms with Crippen molar-refractivity contribution < 1.29 is 14.7 Å². The lowest BCUT2D eigenvalue weighted by atomic mass is 9.89. The summed E-state index contributed by atoms with van der Waals surface area (Å²) in [5, 5.41) is 12.8. The van der Waals surface area contributed by atoms with Gasteiger partial charge in [-0.25, -0.2) is 4.98 Å². The number of carbonyl (C=O) groups excluding carboxylic acids is 1. The van der Waals surface area contributed by atoms with Crippen molar-refractivity contribution in [3.63, 3.8) is 0 Å². The topological polar surface area (TPSA) is 95.4 Å². The summed E-state index contributed by atoms with van der Waals surface area (Å²) in [6, 6.07) is 16.6. The molecule has 0 unspecified atom stereocenters. The van der Waals surface area contributed by atoms with Gasteiger partial charge in [-0.15, -0.1) is 0 Å². The van der Waals surface area contributed by atoms with Gasteiger partial charge in [0.05, 0.1) is 12.1 Å². The van der Waals surface area contributed by atoms with Crippen LogP contribution in [-0.2, 0) is 4.79 Å². The summed E-state index contributed by atoms with van der Waals surface area (Å²) in [5.74, 6) is -1.33. The third-order valence-electron chi connectivity index (χ3n) is 5.10. The van der Waals surface area contributed by atoms with Crippen molar-refractivity contribution in [1.29, 1.82) is 0 Å². The smallest absolute Gasteiger partial charge is 0.308 e. The molecule has 1 aliphatic rings. The highest BCUT2D eigenvalue weighted by atomic mass is 16.4. The van der Waals surface area contributed by atoms with Crippen LogP contribution in [0.1, 0.15) is 21.8 Å². The van der Waals surface area contributed by atoms with Gasteiger partial charge in [0.15, 0.2) is 0 Å². The van der Waals surface area contributed by atoms with E-state index in [2.05, 4.69) is 15.3 Å². The molecule has 29 heavy (non-hydrogen) atoms. The third kappa shape index (κ3) is 4.08. The van der Waals surface area contributed by atoms with Gasteiger partial charge in [0.25, 0.3) is 5.91 Å². The van der Waals surface area contributed by atoms with Crippen molar-refractivity contribution in [2.24, 2.45) is 5.92 Å². The summed E-state index contributed by atoms with van der Waals surface area (Å²) < 4.78 is 0. The fourth-order valence-corrected chi connectivity index (χ4v) is 3.68. The summed E-state index contributed by atoms with van der Waals surface area (Å²) in [5.41, 5.74) is 2.15. The highest BCUT2D eigenvalue weighted by molar-refractivity contribution is 5.96. The second-order valence-corrected chi connectivity index (χ2v) is 6.97. The monoisotopic (exact) mass is 388 g/mol. The van der Waals surface area contributed by atoms with E-state index < -0.39 is 11.9 Å². The molecule has 1 saturated heterocycles. The normalized spacial score (nSPS) is 18.4. The largest absolute Gasteiger partial charge is 0.481 e. The van der Waals surface area contributed by atoms with Gasteiger partial charge in [-0.05, 0) is 23.8 Å². The van der Waals surface area contributed by atoms with Crippen LogP contribution in [0, 0.1) is 5.92 Å². The van der Waals surface area contributed by atoms with Gasteiger partial charge in [-0.2, -0.15) is 0 Å². The summed E-state index contributed by atoms with van der Waals surface area (Å²) in [6.45, 7) is 0.567. The van der Waals surface area contributed by atoms with E-state index in [4.69, 9.17) is 0 Å². The SMILES string of the molecule is O=C(O)[C@@H]1CN(C(=O)c2cccc(Nc3cnccn3)c2)C[C@H]1c1ccccc1. The van der Waals surface area contributed by atoms with Gasteiger partial charge in [-0.1, -0.05) is 36.4 Å². The van der Waals surface area contributed by atoms with E-state index in [-0.39, 0.29) is 18.4 Å². The number of nitrogens with zero attached hydrogens (tertiary/aromatic N) is 3. The second kappa shape index (κ2) is 8.10. The lowest BCUT2D eigenvalue weighted by Gasteiger charge is -2.17. The average molecular weight is 388 g/mol. The number of anilines is 2. The molecule has 1 aromatic heterocycles. The molecule has 3 aromatic rings. The quantitative estimate of drug-likeness (QED) is 0.697. The number of hydrogen-bond acceptors (Lipinski definition) is 5. The minimum Gasteiger partial charge on any atom is -0.481 e. The number of likely N-dealkylation sites (tertiary alicyclic amines) is 1. The van der Waals surface area contributed by atoms with Crippen LogP contribution >= 0.6 is 0 Å². The molecule has 0 bridgehead atoms. The molecule has 1 amide bonds. The molecule has 0 aliphatic carbocycles. The number of hydrogen-bond donors (Lipinski definition) is 2. The number of aromatic nitrogens is 2. The predicted octanol–water partition coefficient (Wildman–Crippen LogP) is 3.16. The molecule has 1 fully saturated rings. The zero-order valence-corrected chi connectivity index (χ0v) is 15.6. The number of aliphatic carboxylic acids is 1. The van der Waals surface area contributed by atoms with Gasteiger partial charge >= 0.3 is 5.97 Å². The van der Waals surface area contributed by atoms with Crippen molar-refractivity contribution in [2.45, 2.75) is 5.92 Å². The van der Waals surface area contributed by atoms with Crippen molar-refractivity contribution in [3.05, 3.63) is 84.3 Å². The molecule has 0 radical (unpaired) electrons. The van der Waals surface area contributed by atoms with Gasteiger partial charge < -0.3 is 15.3 Å². The molecule has 2 aromatic carbocycles. The molecular formula is C22H20N4O3. The van der Waals surface area contributed by atoms with Crippen molar-refractivity contribution in [1.82, 2.24) is 14.9 Å². The Morgan fingerprint density at radius 2 is 1.86 bits per heavy atom. The maximum atomic E-state index is 13.1. The zero-order chi connectivity index (χ0) is 20.2. The number of benzene rings is 2. The van der Waals surface area contributed by atoms with E-state index in [1.54, 1.807) is 41.7 Å². The molecule has 7 heteroatoms. The number of rotatable bonds is 5. The Hall–Kier alpha value is -3.74. The first-order valence-corrected chi connectivity index (χ1v) is 9.32. The van der Waals surface area contributed by atoms with Crippen LogP contribution in [0.3, 0.4) is 0 Å². The highest BCUT2D eigenvalue weighted by Gasteiger charge is 2.40. The van der Waals surface area contributed by atoms with Crippen LogP contribution in [-0.4, -0.2) is 44.9 Å². The number of carbonyl (C=O) groups is 2. The predicted molar refractivity (Wildman–Crippen MR) is 108 cm³/mol. The summed E-state index contributed by atoms with van der Waals surface area (Å²) in [7, 11) is 0. The molecular weight excluding hydrogens is 368 g/mol. The average Bonchev–Trinajstić information content (AvgIpc) is 3.21. The number of nitrogens with one attached hydrogen (secondary N) is 1. The van der Waals surface area contributed by atoms with Gasteiger partial charge in [0.2, 0.25) is 0 Å². The van der Waals surface area contributed by atoms with Crippen LogP contribution in [0.15, 0.2) is 73.2 Å². The van der Waals surface area contributed by atoms with E-state index in [0.29, 0.717) is 23.6 Å². The second-order valence-electron chi connectivity index (χ2n) is 6.97. The van der Waals surface area contributed by atoms with Crippen molar-refractivity contribution in [2.75, 3.05) is 18.4 Å². The minimum atomic E-state index is -0.882. The molecule has 4 rings (SSSR count). The van der Waals surface area contributed by atoms with Gasteiger partial charge in [0, 0.05) is 42.7 Å². The Kier molecular flexibility index (Phi) is 5.20. The van der Waals surface area contributed by atoms with Crippen molar-refractivity contribution in [3.8, 4) is 0 Å². The number of amides is 1. The number of carboxylic acids is 1. The summed E-state index contributed by atoms with van der Waals surface area (Å²) >= 11 is 0. The number of carboxylic acid groups (broad SMARTS) is 1. The van der Waals surface area contributed by atoms with Crippen LogP contribution in [0.2, 0.25) is 0 Å². The fourth-order valence-electron chi connectivity index (χ4n) is 3.68. The first-order chi connectivity index (χ1) is 14.1. The molecule has 146 valence electrons. The Morgan fingerprint density at radius 1 is 1.03 bits per heavy atom. The molecule has 0 spiro atoms. The Morgan fingerprint density at radius 3 is 2.59 bits per heavy atom. The molecule has 1 aliphatic heterocycles. The zero-order valence-electron chi connectivity index (χ0n) is 15.6. The maximum Gasteiger partial charge on any atom is 0.308 e. The first-order valence-electron chi connectivity index (χ1n) is 9.32. The first kappa shape index (κ1) is 18.6. The maximum absolute atomic E-state index is 13.1. The van der Waals surface area contributed by atoms with E-state index in [0.717, 1.165) is 5.56 Å². The van der Waals surface area contributed by atoms with Crippen LogP contribution < -0.4 is 5.32 Å². The van der Waals surface area contributed by atoms with E-state index in [9.17, 15) is 14.7 Å². The standard InChI is InChI=1S/C22H20N4O3/c27-21(16-7-4-8-17(11-16)25-20-12-23-9-10-24-20)26-13-18(19(14-26)22(28)29)15-5-2-1-3-6-15/h1-12,18-19H,13-14H2,(H,24,25)(H,28,29)/t18-,19+/m0/s1. The third-order valence-corrected chi connectivity index (χ3v) is 5.10. The Balaban J connectivity index is 1.54. The minimum absolute atomic E-state index is 0.183. The van der Waals surface area contributed by atoms with Crippen LogP contribution in [0.25, 0.3) is 0 Å².